The molecule has 96 valence electrons. The van der Waals surface area contributed by atoms with E-state index in [1.807, 2.05) is 0 Å². The van der Waals surface area contributed by atoms with E-state index in [1.165, 1.54) is 13.5 Å². The average Bonchev–Trinajstić information content (AvgIpc) is 2.70. The van der Waals surface area contributed by atoms with Crippen LogP contribution in [0.25, 0.3) is 0 Å². The van der Waals surface area contributed by atoms with E-state index >= 15 is 0 Å². The Hall–Kier alpha value is -1.06. The molecule has 3 atom stereocenters. The molecular weight excluding hydrogens is 218 g/mol. The fourth-order valence-corrected chi connectivity index (χ4v) is 3.87. The molecule has 0 heterocycles. The van der Waals surface area contributed by atoms with E-state index in [-0.39, 0.29) is 16.8 Å². The highest BCUT2D eigenvalue weighted by atomic mass is 16.5. The molecule has 3 unspecified atom stereocenters. The molecule has 0 radical (unpaired) electrons. The number of rotatable bonds is 3. The Kier molecular flexibility index (Phi) is 2.92. The Morgan fingerprint density at radius 1 is 1.59 bits per heavy atom. The van der Waals surface area contributed by atoms with Crippen molar-refractivity contribution in [2.24, 2.45) is 21.9 Å². The van der Waals surface area contributed by atoms with Gasteiger partial charge in [-0.25, -0.2) is 0 Å². The molecule has 4 heteroatoms. The minimum atomic E-state index is -0.149. The molecule has 0 aromatic heterocycles. The number of fused-ring (bicyclic) bond motifs is 2. The number of carbonyl (C=O) groups is 1. The first kappa shape index (κ1) is 12.4. The standard InChI is InChI=1S/C13H21NO3/c1-12(7-5-11(15)17-3)9-4-6-13(12,2)10(8-9)14-16/h9,16H,4-8H2,1-3H3/b14-10-. The second-order valence-electron chi connectivity index (χ2n) is 5.81. The molecule has 0 aromatic carbocycles. The number of carbonyl (C=O) groups excluding carboxylic acids is 1. The Labute approximate surface area is 102 Å². The van der Waals surface area contributed by atoms with E-state index in [0.29, 0.717) is 12.3 Å². The molecule has 0 spiro atoms. The lowest BCUT2D eigenvalue weighted by atomic mass is 9.66. The summed E-state index contributed by atoms with van der Waals surface area (Å²) in [4.78, 5) is 11.3. The summed E-state index contributed by atoms with van der Waals surface area (Å²) in [5.74, 6) is 0.395. The Morgan fingerprint density at radius 3 is 2.82 bits per heavy atom. The van der Waals surface area contributed by atoms with E-state index in [9.17, 15) is 4.79 Å². The third-order valence-electron chi connectivity index (χ3n) is 5.43. The summed E-state index contributed by atoms with van der Waals surface area (Å²) in [5, 5.41) is 12.6. The van der Waals surface area contributed by atoms with Crippen LogP contribution in [0.3, 0.4) is 0 Å². The molecule has 4 nitrogen and oxygen atoms in total. The maximum Gasteiger partial charge on any atom is 0.305 e. The molecule has 0 aromatic rings. The highest BCUT2D eigenvalue weighted by Gasteiger charge is 2.62. The molecule has 0 saturated heterocycles. The third-order valence-corrected chi connectivity index (χ3v) is 5.43. The van der Waals surface area contributed by atoms with Crippen LogP contribution in [-0.4, -0.2) is 24.0 Å². The largest absolute Gasteiger partial charge is 0.469 e. The van der Waals surface area contributed by atoms with Gasteiger partial charge in [0.05, 0.1) is 12.8 Å². The van der Waals surface area contributed by atoms with Crippen LogP contribution in [0, 0.1) is 16.7 Å². The van der Waals surface area contributed by atoms with Crippen LogP contribution in [-0.2, 0) is 9.53 Å². The first-order chi connectivity index (χ1) is 7.98. The van der Waals surface area contributed by atoms with Gasteiger partial charge in [0.1, 0.15) is 0 Å². The van der Waals surface area contributed by atoms with Crippen LogP contribution in [0.1, 0.15) is 46.0 Å². The predicted octanol–water partition coefficient (Wildman–Crippen LogP) is 2.60. The van der Waals surface area contributed by atoms with Gasteiger partial charge < -0.3 is 9.94 Å². The maximum atomic E-state index is 11.3. The van der Waals surface area contributed by atoms with E-state index in [2.05, 4.69) is 19.0 Å². The Bertz CT molecular complexity index is 366. The van der Waals surface area contributed by atoms with Gasteiger partial charge in [0, 0.05) is 11.8 Å². The van der Waals surface area contributed by atoms with E-state index in [4.69, 9.17) is 9.94 Å². The zero-order chi connectivity index (χ0) is 12.7. The van der Waals surface area contributed by atoms with Gasteiger partial charge in [0.2, 0.25) is 0 Å². The quantitative estimate of drug-likeness (QED) is 0.468. The van der Waals surface area contributed by atoms with Crippen molar-refractivity contribution in [2.45, 2.75) is 46.0 Å². The molecule has 2 fully saturated rings. The SMILES string of the molecule is COC(=O)CCC1(C)C2CCC1(C)/C(=N\O)C2. The van der Waals surface area contributed by atoms with Crippen LogP contribution >= 0.6 is 0 Å². The molecule has 2 bridgehead atoms. The zero-order valence-electron chi connectivity index (χ0n) is 10.8. The molecule has 2 aliphatic carbocycles. The fourth-order valence-electron chi connectivity index (χ4n) is 3.87. The first-order valence-corrected chi connectivity index (χ1v) is 6.26. The van der Waals surface area contributed by atoms with Crippen LogP contribution in [0.15, 0.2) is 5.16 Å². The van der Waals surface area contributed by atoms with Crippen LogP contribution < -0.4 is 0 Å². The lowest BCUT2D eigenvalue weighted by Gasteiger charge is -2.37. The summed E-state index contributed by atoms with van der Waals surface area (Å²) in [5.41, 5.74) is 0.949. The normalized spacial score (nSPS) is 42.1. The number of hydrogen-bond donors (Lipinski definition) is 1. The lowest BCUT2D eigenvalue weighted by Crippen LogP contribution is -2.35. The van der Waals surface area contributed by atoms with Gasteiger partial charge in [-0.1, -0.05) is 19.0 Å². The molecule has 0 aliphatic heterocycles. The second kappa shape index (κ2) is 4.00. The lowest BCUT2D eigenvalue weighted by molar-refractivity contribution is -0.141. The Morgan fingerprint density at radius 2 is 2.29 bits per heavy atom. The summed E-state index contributed by atoms with van der Waals surface area (Å²) < 4.78 is 4.71. The van der Waals surface area contributed by atoms with Gasteiger partial charge in [0.25, 0.3) is 0 Å². The van der Waals surface area contributed by atoms with Crippen molar-refractivity contribution in [3.8, 4) is 0 Å². The summed E-state index contributed by atoms with van der Waals surface area (Å²) in [6.45, 7) is 4.40. The van der Waals surface area contributed by atoms with Crippen LogP contribution in [0.4, 0.5) is 0 Å². The number of methoxy groups -OCH3 is 1. The zero-order valence-corrected chi connectivity index (χ0v) is 10.8. The highest BCUT2D eigenvalue weighted by Crippen LogP contribution is 2.66. The third kappa shape index (κ3) is 1.57. The van der Waals surface area contributed by atoms with Gasteiger partial charge in [-0.05, 0) is 37.0 Å². The molecule has 17 heavy (non-hydrogen) atoms. The number of nitrogens with zero attached hydrogens (tertiary/aromatic N) is 1. The second-order valence-corrected chi connectivity index (χ2v) is 5.81. The summed E-state index contributed by atoms with van der Waals surface area (Å²) >= 11 is 0. The van der Waals surface area contributed by atoms with Crippen molar-refractivity contribution in [1.82, 2.24) is 0 Å². The van der Waals surface area contributed by atoms with Crippen molar-refractivity contribution in [1.29, 1.82) is 0 Å². The van der Waals surface area contributed by atoms with Crippen molar-refractivity contribution < 1.29 is 14.7 Å². The monoisotopic (exact) mass is 239 g/mol. The predicted molar refractivity (Wildman–Crippen MR) is 64.0 cm³/mol. The van der Waals surface area contributed by atoms with Crippen molar-refractivity contribution in [3.63, 3.8) is 0 Å². The number of hydrogen-bond acceptors (Lipinski definition) is 4. The maximum absolute atomic E-state index is 11.3. The Balaban J connectivity index is 2.18. The number of oxime groups is 1. The van der Waals surface area contributed by atoms with Crippen LogP contribution in [0.5, 0.6) is 0 Å². The topological polar surface area (TPSA) is 58.9 Å². The highest BCUT2D eigenvalue weighted by molar-refractivity contribution is 5.94. The molecular formula is C13H21NO3. The molecule has 1 N–H and O–H groups in total. The van der Waals surface area contributed by atoms with Crippen molar-refractivity contribution in [3.05, 3.63) is 0 Å². The van der Waals surface area contributed by atoms with Gasteiger partial charge in [-0.3, -0.25) is 4.79 Å². The van der Waals surface area contributed by atoms with E-state index < -0.39 is 0 Å². The van der Waals surface area contributed by atoms with Gasteiger partial charge in [0.15, 0.2) is 0 Å². The summed E-state index contributed by atoms with van der Waals surface area (Å²) in [6.07, 6.45) is 4.39. The van der Waals surface area contributed by atoms with Gasteiger partial charge in [-0.2, -0.15) is 0 Å². The van der Waals surface area contributed by atoms with Gasteiger partial charge in [-0.15, -0.1) is 0 Å². The molecule has 0 amide bonds. The van der Waals surface area contributed by atoms with Gasteiger partial charge >= 0.3 is 5.97 Å². The number of ether oxygens (including phenoxy) is 1. The van der Waals surface area contributed by atoms with E-state index in [1.54, 1.807) is 0 Å². The molecule has 2 aliphatic rings. The van der Waals surface area contributed by atoms with Crippen LogP contribution in [0.2, 0.25) is 0 Å². The summed E-state index contributed by atoms with van der Waals surface area (Å²) in [6, 6.07) is 0. The smallest absolute Gasteiger partial charge is 0.305 e. The number of esters is 1. The van der Waals surface area contributed by atoms with Crippen molar-refractivity contribution in [2.75, 3.05) is 7.11 Å². The minimum absolute atomic E-state index is 0.0412. The first-order valence-electron chi connectivity index (χ1n) is 6.26. The van der Waals surface area contributed by atoms with E-state index in [0.717, 1.165) is 25.0 Å². The average molecular weight is 239 g/mol. The minimum Gasteiger partial charge on any atom is -0.469 e. The molecule has 2 rings (SSSR count). The van der Waals surface area contributed by atoms with Crippen molar-refractivity contribution >= 4 is 11.7 Å². The fraction of sp³-hybridized carbons (Fsp3) is 0.846. The molecule has 2 saturated carbocycles. The summed E-state index contributed by atoms with van der Waals surface area (Å²) in [7, 11) is 1.43.